The SMILES string of the molecule is O=NS(=O)(=O)C(F)(F)F.[NaH]. The molecule has 0 rings (SSSR count). The Balaban J connectivity index is 0. The fourth-order valence-corrected chi connectivity index (χ4v) is 0.127. The molecule has 0 fully saturated rings. The van der Waals surface area contributed by atoms with E-state index in [0.29, 0.717) is 0 Å². The molecule has 4 nitrogen and oxygen atoms in total. The average molecular weight is 187 g/mol. The van der Waals surface area contributed by atoms with Gasteiger partial charge in [0.15, 0.2) is 0 Å². The van der Waals surface area contributed by atoms with E-state index < -0.39 is 15.5 Å². The van der Waals surface area contributed by atoms with Crippen molar-refractivity contribution in [1.82, 2.24) is 0 Å². The first-order chi connectivity index (χ1) is 3.81. The molecule has 0 N–H and O–H groups in total. The molecule has 0 aromatic carbocycles. The Morgan fingerprint density at radius 3 is 1.50 bits per heavy atom. The van der Waals surface area contributed by atoms with Crippen molar-refractivity contribution in [3.8, 4) is 0 Å². The summed E-state index contributed by atoms with van der Waals surface area (Å²) in [6.07, 6.45) is 0. The van der Waals surface area contributed by atoms with Crippen LogP contribution in [-0.2, 0) is 10.0 Å². The van der Waals surface area contributed by atoms with E-state index in [1.807, 2.05) is 0 Å². The van der Waals surface area contributed by atoms with Crippen molar-refractivity contribution in [1.29, 1.82) is 0 Å². The molecule has 0 aliphatic heterocycles. The van der Waals surface area contributed by atoms with Gasteiger partial charge in [0.25, 0.3) is 0 Å². The van der Waals surface area contributed by atoms with Gasteiger partial charge in [0, 0.05) is 0 Å². The first-order valence-corrected chi connectivity index (χ1v) is 2.91. The van der Waals surface area contributed by atoms with Crippen LogP contribution >= 0.6 is 0 Å². The van der Waals surface area contributed by atoms with Crippen molar-refractivity contribution in [3.05, 3.63) is 4.91 Å². The van der Waals surface area contributed by atoms with Crippen LogP contribution < -0.4 is 0 Å². The number of hydrogen-bond donors (Lipinski definition) is 0. The van der Waals surface area contributed by atoms with Gasteiger partial charge >= 0.3 is 45.1 Å². The minimum absolute atomic E-state index is 0. The van der Waals surface area contributed by atoms with Crippen LogP contribution in [0.2, 0.25) is 0 Å². The molecule has 0 heterocycles. The van der Waals surface area contributed by atoms with E-state index >= 15 is 0 Å². The van der Waals surface area contributed by atoms with Gasteiger partial charge in [0.05, 0.1) is 4.58 Å². The van der Waals surface area contributed by atoms with Crippen LogP contribution in [0.25, 0.3) is 0 Å². The number of nitroso groups, excluding NO2 is 1. The number of sulfonamides is 1. The Kier molecular flexibility index (Phi) is 4.73. The van der Waals surface area contributed by atoms with E-state index in [2.05, 4.69) is 0 Å². The molecule has 0 atom stereocenters. The summed E-state index contributed by atoms with van der Waals surface area (Å²) in [4.78, 5) is 8.92. The van der Waals surface area contributed by atoms with E-state index in [9.17, 15) is 21.6 Å². The molecule has 0 saturated carbocycles. The van der Waals surface area contributed by atoms with Gasteiger partial charge in [-0.15, -0.1) is 4.91 Å². The van der Waals surface area contributed by atoms with E-state index in [-0.39, 0.29) is 29.6 Å². The molecule has 0 aromatic rings. The molecule has 0 spiro atoms. The predicted octanol–water partition coefficient (Wildman–Crippen LogP) is -0.0461. The van der Waals surface area contributed by atoms with Gasteiger partial charge in [-0.1, -0.05) is 0 Å². The van der Waals surface area contributed by atoms with Gasteiger partial charge in [-0.2, -0.15) is 21.6 Å². The average Bonchev–Trinajstić information content (AvgIpc) is 1.64. The molecule has 0 unspecified atom stereocenters. The zero-order chi connectivity index (χ0) is 7.71. The van der Waals surface area contributed by atoms with Crippen molar-refractivity contribution in [2.45, 2.75) is 5.51 Å². The molecule has 56 valence electrons. The topological polar surface area (TPSA) is 63.6 Å². The van der Waals surface area contributed by atoms with Crippen LogP contribution in [0.4, 0.5) is 13.2 Å². The van der Waals surface area contributed by atoms with Crippen molar-refractivity contribution >= 4 is 39.6 Å². The number of nitrogens with zero attached hydrogens (tertiary/aromatic N) is 1. The van der Waals surface area contributed by atoms with Crippen LogP contribution in [0, 0.1) is 4.91 Å². The van der Waals surface area contributed by atoms with Crippen molar-refractivity contribution in [3.63, 3.8) is 0 Å². The van der Waals surface area contributed by atoms with Gasteiger partial charge in [0.1, 0.15) is 0 Å². The Hall–Kier alpha value is 0.340. The predicted molar refractivity (Wildman–Crippen MR) is 27.9 cm³/mol. The molecular weight excluding hydrogens is 186 g/mol. The summed E-state index contributed by atoms with van der Waals surface area (Å²) in [6, 6.07) is 0. The molecule has 0 aliphatic carbocycles. The van der Waals surface area contributed by atoms with Crippen LogP contribution in [0.1, 0.15) is 0 Å². The standard InChI is InChI=1S/CF3NO3S.Na.H/c2-1(3,4)9(7,8)5-6;;. The monoisotopic (exact) mass is 187 g/mol. The van der Waals surface area contributed by atoms with E-state index in [1.165, 1.54) is 0 Å². The van der Waals surface area contributed by atoms with E-state index in [0.717, 1.165) is 4.58 Å². The van der Waals surface area contributed by atoms with Crippen LogP contribution in [0.15, 0.2) is 4.58 Å². The van der Waals surface area contributed by atoms with E-state index in [1.54, 1.807) is 0 Å². The molecule has 0 aromatic heterocycles. The number of alkyl halides is 3. The summed E-state index contributed by atoms with van der Waals surface area (Å²) >= 11 is 0. The molecule has 0 radical (unpaired) electrons. The molecule has 10 heavy (non-hydrogen) atoms. The molecular formula is CHF3NNaO3S. The normalized spacial score (nSPS) is 11.9. The molecule has 0 saturated heterocycles. The second-order valence-electron chi connectivity index (χ2n) is 0.995. The van der Waals surface area contributed by atoms with Gasteiger partial charge in [-0.05, 0) is 0 Å². The first-order valence-electron chi connectivity index (χ1n) is 1.47. The van der Waals surface area contributed by atoms with Crippen molar-refractivity contribution in [2.75, 3.05) is 0 Å². The Labute approximate surface area is 76.1 Å². The third kappa shape index (κ3) is 2.95. The third-order valence-electron chi connectivity index (χ3n) is 0.391. The second-order valence-corrected chi connectivity index (χ2v) is 2.56. The summed E-state index contributed by atoms with van der Waals surface area (Å²) in [5, 5.41) is 0. The summed E-state index contributed by atoms with van der Waals surface area (Å²) in [7, 11) is -5.77. The Bertz CT molecular complexity index is 206. The van der Waals surface area contributed by atoms with Gasteiger partial charge in [-0.3, -0.25) is 0 Å². The number of halogens is 3. The van der Waals surface area contributed by atoms with Gasteiger partial charge < -0.3 is 0 Å². The summed E-state index contributed by atoms with van der Waals surface area (Å²) < 4.78 is 52.6. The van der Waals surface area contributed by atoms with Gasteiger partial charge in [-0.25, -0.2) is 0 Å². The van der Waals surface area contributed by atoms with Gasteiger partial charge in [0.2, 0.25) is 0 Å². The van der Waals surface area contributed by atoms with Crippen molar-refractivity contribution < 1.29 is 21.6 Å². The molecule has 0 amide bonds. The zero-order valence-corrected chi connectivity index (χ0v) is 4.53. The molecule has 0 aliphatic rings. The molecule has 9 heteroatoms. The maximum atomic E-state index is 11.0. The second kappa shape index (κ2) is 3.65. The number of hydrogen-bond acceptors (Lipinski definition) is 3. The summed E-state index contributed by atoms with van der Waals surface area (Å²) in [5.74, 6) is 0. The maximum absolute atomic E-state index is 11.0. The Morgan fingerprint density at radius 1 is 1.20 bits per heavy atom. The van der Waals surface area contributed by atoms with Crippen molar-refractivity contribution in [2.24, 2.45) is 4.58 Å². The number of rotatable bonds is 1. The zero-order valence-electron chi connectivity index (χ0n) is 3.71. The van der Waals surface area contributed by atoms with Crippen LogP contribution in [0.3, 0.4) is 0 Å². The Morgan fingerprint density at radius 2 is 1.50 bits per heavy atom. The fourth-order valence-electron chi connectivity index (χ4n) is 0.0423. The summed E-state index contributed by atoms with van der Waals surface area (Å²) in [6.45, 7) is 0. The molecule has 0 bridgehead atoms. The van der Waals surface area contributed by atoms with Crippen LogP contribution in [-0.4, -0.2) is 43.5 Å². The van der Waals surface area contributed by atoms with Crippen LogP contribution in [0.5, 0.6) is 0 Å². The quantitative estimate of drug-likeness (QED) is 0.427. The third-order valence-corrected chi connectivity index (χ3v) is 1.17. The summed E-state index contributed by atoms with van der Waals surface area (Å²) in [5.41, 5.74) is -5.56. The fraction of sp³-hybridized carbons (Fsp3) is 1.00. The minimum atomic E-state index is -5.77. The van der Waals surface area contributed by atoms with E-state index in [4.69, 9.17) is 4.91 Å². The first kappa shape index (κ1) is 13.0.